The van der Waals surface area contributed by atoms with Gasteiger partial charge in [0, 0.05) is 0 Å². The SMILES string of the molecule is C#CC1COS(=S)(=S)S1. The van der Waals surface area contributed by atoms with Gasteiger partial charge in [-0.25, -0.2) is 0 Å². The standard InChI is InChI=1S/C4H4OS4/c1-2-4-3-5-9(6,7)8-4/h1,4H,3H2. The van der Waals surface area contributed by atoms with E-state index in [1.807, 2.05) is 0 Å². The van der Waals surface area contributed by atoms with Crippen molar-refractivity contribution in [3.8, 4) is 12.3 Å². The largest absolute Gasteiger partial charge is 0.300 e. The van der Waals surface area contributed by atoms with Crippen LogP contribution in [0.1, 0.15) is 0 Å². The van der Waals surface area contributed by atoms with Crippen LogP contribution in [-0.4, -0.2) is 11.9 Å². The quantitative estimate of drug-likeness (QED) is 0.415. The third-order valence-corrected chi connectivity index (χ3v) is 5.63. The van der Waals surface area contributed by atoms with E-state index in [0.29, 0.717) is 6.61 Å². The summed E-state index contributed by atoms with van der Waals surface area (Å²) in [5, 5.41) is 0.0926. The average molecular weight is 196 g/mol. The zero-order chi connectivity index (χ0) is 6.91. The summed E-state index contributed by atoms with van der Waals surface area (Å²) in [6.45, 7) is -1.14. The molecular weight excluding hydrogens is 192 g/mol. The van der Waals surface area contributed by atoms with Crippen LogP contribution in [0.25, 0.3) is 0 Å². The second kappa shape index (κ2) is 2.72. The summed E-state index contributed by atoms with van der Waals surface area (Å²) < 4.78 is 5.08. The number of rotatable bonds is 0. The van der Waals surface area contributed by atoms with E-state index in [1.165, 1.54) is 10.8 Å². The monoisotopic (exact) mass is 196 g/mol. The van der Waals surface area contributed by atoms with E-state index in [9.17, 15) is 0 Å². The van der Waals surface area contributed by atoms with Crippen LogP contribution in [0.3, 0.4) is 0 Å². The van der Waals surface area contributed by atoms with Gasteiger partial charge in [0.05, 0.1) is 13.1 Å². The van der Waals surface area contributed by atoms with E-state index >= 15 is 0 Å². The summed E-state index contributed by atoms with van der Waals surface area (Å²) >= 11 is 9.79. The van der Waals surface area contributed by atoms with Crippen LogP contribution in [0.2, 0.25) is 0 Å². The van der Waals surface area contributed by atoms with E-state index in [2.05, 4.69) is 5.92 Å². The lowest BCUT2D eigenvalue weighted by Crippen LogP contribution is -1.96. The Labute approximate surface area is 68.0 Å². The Hall–Kier alpha value is 0.660. The summed E-state index contributed by atoms with van der Waals surface area (Å²) in [5.74, 6) is 2.54. The maximum absolute atomic E-state index is 5.12. The maximum atomic E-state index is 5.12. The molecule has 1 rings (SSSR count). The van der Waals surface area contributed by atoms with E-state index in [4.69, 9.17) is 33.0 Å². The molecule has 0 spiro atoms. The van der Waals surface area contributed by atoms with Gasteiger partial charge in [0.25, 0.3) is 0 Å². The lowest BCUT2D eigenvalue weighted by Gasteiger charge is -1.92. The highest BCUT2D eigenvalue weighted by Gasteiger charge is 2.21. The fourth-order valence-electron chi connectivity index (χ4n) is 0.419. The molecule has 1 heterocycles. The molecule has 1 nitrogen and oxygen atoms in total. The van der Waals surface area contributed by atoms with Crippen molar-refractivity contribution in [2.75, 3.05) is 6.61 Å². The van der Waals surface area contributed by atoms with Crippen molar-refractivity contribution in [3.05, 3.63) is 0 Å². The average Bonchev–Trinajstić information content (AvgIpc) is 2.10. The van der Waals surface area contributed by atoms with Gasteiger partial charge in [-0.1, -0.05) is 5.92 Å². The van der Waals surface area contributed by atoms with Crippen LogP contribution in [0.15, 0.2) is 0 Å². The third-order valence-electron chi connectivity index (χ3n) is 0.784. The van der Waals surface area contributed by atoms with Gasteiger partial charge in [-0.15, -0.1) is 6.42 Å². The molecule has 1 aliphatic rings. The second-order valence-electron chi connectivity index (χ2n) is 1.44. The van der Waals surface area contributed by atoms with Gasteiger partial charge in [-0.2, -0.15) is 0 Å². The molecule has 1 atom stereocenters. The molecule has 0 amide bonds. The molecule has 0 aromatic rings. The van der Waals surface area contributed by atoms with Crippen molar-refractivity contribution in [3.63, 3.8) is 0 Å². The fraction of sp³-hybridized carbons (Fsp3) is 0.500. The molecule has 0 radical (unpaired) electrons. The predicted molar refractivity (Wildman–Crippen MR) is 48.3 cm³/mol. The van der Waals surface area contributed by atoms with E-state index in [-0.39, 0.29) is 5.25 Å². The molecule has 0 N–H and O–H groups in total. The molecule has 0 saturated carbocycles. The van der Waals surface area contributed by atoms with Gasteiger partial charge >= 0.3 is 0 Å². The molecular formula is C4H4OS4. The topological polar surface area (TPSA) is 9.23 Å². The summed E-state index contributed by atoms with van der Waals surface area (Å²) in [5.41, 5.74) is 0. The Morgan fingerprint density at radius 3 is 2.67 bits per heavy atom. The minimum absolute atomic E-state index is 0.0926. The fourth-order valence-corrected chi connectivity index (χ4v) is 4.89. The molecule has 0 aromatic heterocycles. The molecule has 1 aliphatic heterocycles. The van der Waals surface area contributed by atoms with Crippen LogP contribution in [0.4, 0.5) is 0 Å². The minimum atomic E-state index is -1.67. The van der Waals surface area contributed by atoms with Gasteiger partial charge in [0.15, 0.2) is 0 Å². The smallest absolute Gasteiger partial charge is 0.103 e. The van der Waals surface area contributed by atoms with E-state index < -0.39 is 6.46 Å². The van der Waals surface area contributed by atoms with E-state index in [1.54, 1.807) is 0 Å². The molecule has 1 saturated heterocycles. The first-order valence-corrected chi connectivity index (χ1v) is 6.98. The van der Waals surface area contributed by atoms with Crippen molar-refractivity contribution >= 4 is 39.6 Å². The van der Waals surface area contributed by atoms with Crippen molar-refractivity contribution in [2.45, 2.75) is 5.25 Å². The van der Waals surface area contributed by atoms with Gasteiger partial charge in [0.1, 0.15) is 5.25 Å². The summed E-state index contributed by atoms with van der Waals surface area (Å²) in [7, 11) is 1.42. The first-order valence-electron chi connectivity index (χ1n) is 2.18. The lowest BCUT2D eigenvalue weighted by atomic mass is 10.5. The molecule has 0 bridgehead atoms. The number of terminal acetylenes is 1. The molecule has 1 unspecified atom stereocenters. The van der Waals surface area contributed by atoms with Crippen LogP contribution >= 0.6 is 10.8 Å². The molecule has 0 aromatic carbocycles. The van der Waals surface area contributed by atoms with Gasteiger partial charge < -0.3 is 0 Å². The molecule has 5 heteroatoms. The molecule has 1 fully saturated rings. The number of hydrogen-bond donors (Lipinski definition) is 0. The maximum Gasteiger partial charge on any atom is 0.103 e. The molecule has 9 heavy (non-hydrogen) atoms. The van der Waals surface area contributed by atoms with Crippen LogP contribution in [0, 0.1) is 12.3 Å². The normalized spacial score (nSPS) is 31.7. The van der Waals surface area contributed by atoms with E-state index in [0.717, 1.165) is 0 Å². The van der Waals surface area contributed by atoms with Gasteiger partial charge in [-0.3, -0.25) is 4.18 Å². The Kier molecular flexibility index (Phi) is 2.35. The molecule has 50 valence electrons. The first kappa shape index (κ1) is 7.76. The highest BCUT2D eigenvalue weighted by atomic mass is 33.5. The molecule has 0 aliphatic carbocycles. The summed E-state index contributed by atoms with van der Waals surface area (Å²) in [6.07, 6.45) is 5.12. The van der Waals surface area contributed by atoms with Crippen molar-refractivity contribution < 1.29 is 4.18 Å². The van der Waals surface area contributed by atoms with Crippen LogP contribution in [0.5, 0.6) is 0 Å². The lowest BCUT2D eigenvalue weighted by molar-refractivity contribution is 0.400. The van der Waals surface area contributed by atoms with Crippen molar-refractivity contribution in [2.24, 2.45) is 0 Å². The van der Waals surface area contributed by atoms with Crippen LogP contribution in [-0.2, 0) is 33.0 Å². The number of hydrogen-bond acceptors (Lipinski definition) is 4. The Bertz CT molecular complexity index is 234. The summed E-state index contributed by atoms with van der Waals surface area (Å²) in [4.78, 5) is 0. The van der Waals surface area contributed by atoms with Crippen molar-refractivity contribution in [1.82, 2.24) is 0 Å². The zero-order valence-corrected chi connectivity index (χ0v) is 7.67. The second-order valence-corrected chi connectivity index (χ2v) is 9.96. The minimum Gasteiger partial charge on any atom is -0.300 e. The zero-order valence-electron chi connectivity index (χ0n) is 4.40. The predicted octanol–water partition coefficient (Wildman–Crippen LogP) is 0.659. The Morgan fingerprint density at radius 2 is 2.44 bits per heavy atom. The highest BCUT2D eigenvalue weighted by Crippen LogP contribution is 2.29. The van der Waals surface area contributed by atoms with Gasteiger partial charge in [0.2, 0.25) is 0 Å². The van der Waals surface area contributed by atoms with Crippen LogP contribution < -0.4 is 0 Å². The first-order chi connectivity index (χ1) is 4.14. The van der Waals surface area contributed by atoms with Gasteiger partial charge in [-0.05, 0) is 33.2 Å². The summed E-state index contributed by atoms with van der Waals surface area (Å²) in [6, 6.07) is 0. The Balaban J connectivity index is 2.72. The van der Waals surface area contributed by atoms with Crippen molar-refractivity contribution in [1.29, 1.82) is 0 Å². The Morgan fingerprint density at radius 1 is 1.78 bits per heavy atom. The third kappa shape index (κ3) is 2.06. The highest BCUT2D eigenvalue weighted by molar-refractivity contribution is 8.96.